The van der Waals surface area contributed by atoms with Crippen molar-refractivity contribution in [3.63, 3.8) is 0 Å². The first kappa shape index (κ1) is 13.6. The largest absolute Gasteiger partial charge is 0.393 e. The molecule has 18 heavy (non-hydrogen) atoms. The summed E-state index contributed by atoms with van der Waals surface area (Å²) in [7, 11) is 0. The summed E-state index contributed by atoms with van der Waals surface area (Å²) in [6, 6.07) is 0. The van der Waals surface area contributed by atoms with Crippen LogP contribution in [0.15, 0.2) is 10.1 Å². The first-order valence-corrected chi connectivity index (χ1v) is 6.96. The summed E-state index contributed by atoms with van der Waals surface area (Å²) in [6.07, 6.45) is 0. The molecule has 4 atom stereocenters. The van der Waals surface area contributed by atoms with Gasteiger partial charge in [-0.05, 0) is 0 Å². The highest BCUT2D eigenvalue weighted by atomic mass is 35.5. The molecule has 0 radical (unpaired) electrons. The van der Waals surface area contributed by atoms with Crippen molar-refractivity contribution in [2.45, 2.75) is 14.1 Å². The quantitative estimate of drug-likeness (QED) is 0.374. The van der Waals surface area contributed by atoms with E-state index >= 15 is 0 Å². The summed E-state index contributed by atoms with van der Waals surface area (Å²) >= 11 is 36.9. The van der Waals surface area contributed by atoms with Crippen LogP contribution in [0.25, 0.3) is 0 Å². The zero-order chi connectivity index (χ0) is 13.7. The molecule has 0 N–H and O–H groups in total. The van der Waals surface area contributed by atoms with E-state index in [1.54, 1.807) is 0 Å². The van der Waals surface area contributed by atoms with Crippen molar-refractivity contribution in [2.24, 2.45) is 11.8 Å². The van der Waals surface area contributed by atoms with Gasteiger partial charge in [-0.3, -0.25) is 9.59 Å². The smallest absolute Gasteiger partial charge is 0.319 e. The number of allylic oxidation sites excluding steroid dienone is 2. The highest BCUT2D eigenvalue weighted by Gasteiger charge is 2.87. The van der Waals surface area contributed by atoms with Gasteiger partial charge in [-0.2, -0.15) is 0 Å². The van der Waals surface area contributed by atoms with Gasteiger partial charge in [0.05, 0.1) is 10.1 Å². The monoisotopic (exact) mass is 368 g/mol. The number of hydrogen-bond donors (Lipinski definition) is 0. The first-order valence-electron chi connectivity index (χ1n) is 4.69. The van der Waals surface area contributed by atoms with Crippen LogP contribution in [0, 0.1) is 11.8 Å². The number of cyclic esters (lactones) is 2. The molecule has 1 saturated heterocycles. The average molecular weight is 371 g/mol. The Morgan fingerprint density at radius 1 is 0.833 bits per heavy atom. The van der Waals surface area contributed by atoms with Gasteiger partial charge in [-0.1, -0.05) is 46.4 Å². The highest BCUT2D eigenvalue weighted by molar-refractivity contribution is 6.66. The molecule has 1 aliphatic heterocycles. The Morgan fingerprint density at radius 2 is 1.17 bits per heavy atom. The van der Waals surface area contributed by atoms with Gasteiger partial charge in [-0.15, -0.1) is 23.2 Å². The van der Waals surface area contributed by atoms with Crippen LogP contribution in [0.1, 0.15) is 0 Å². The van der Waals surface area contributed by atoms with Crippen LogP contribution in [0.4, 0.5) is 0 Å². The molecule has 9 heteroatoms. The number of hydrogen-bond acceptors (Lipinski definition) is 3. The summed E-state index contributed by atoms with van der Waals surface area (Å²) in [5.74, 6) is -3.99. The van der Waals surface area contributed by atoms with Crippen molar-refractivity contribution in [3.8, 4) is 0 Å². The van der Waals surface area contributed by atoms with E-state index in [2.05, 4.69) is 4.74 Å². The van der Waals surface area contributed by atoms with E-state index in [9.17, 15) is 9.59 Å². The van der Waals surface area contributed by atoms with Gasteiger partial charge in [0.2, 0.25) is 0 Å². The number of rotatable bonds is 0. The third-order valence-electron chi connectivity index (χ3n) is 3.64. The highest BCUT2D eigenvalue weighted by Crippen LogP contribution is 2.77. The summed E-state index contributed by atoms with van der Waals surface area (Å²) in [4.78, 5) is 19.9. The SMILES string of the molecule is O=C1OC(=O)[C@H]2[C@H]1[C@@]1(Cl)C(Cl)=C(Cl)[C@@]2(Cl)C1(Cl)Cl. The zero-order valence-electron chi connectivity index (χ0n) is 8.15. The Hall–Kier alpha value is 0.620. The Kier molecular flexibility index (Phi) is 2.60. The minimum absolute atomic E-state index is 0.126. The fourth-order valence-corrected chi connectivity index (χ4v) is 5.73. The molecule has 0 aromatic carbocycles. The third kappa shape index (κ3) is 1.03. The molecule has 98 valence electrons. The zero-order valence-corrected chi connectivity index (χ0v) is 12.7. The maximum absolute atomic E-state index is 11.7. The van der Waals surface area contributed by atoms with Gasteiger partial charge in [0.1, 0.15) is 21.6 Å². The van der Waals surface area contributed by atoms with Crippen LogP contribution < -0.4 is 0 Å². The van der Waals surface area contributed by atoms with Crippen molar-refractivity contribution in [2.75, 3.05) is 0 Å². The van der Waals surface area contributed by atoms with E-state index < -0.39 is 37.9 Å². The lowest BCUT2D eigenvalue weighted by molar-refractivity contribution is -0.154. The van der Waals surface area contributed by atoms with Gasteiger partial charge in [0, 0.05) is 0 Å². The second-order valence-electron chi connectivity index (χ2n) is 4.32. The van der Waals surface area contributed by atoms with Gasteiger partial charge in [0.15, 0.2) is 4.33 Å². The van der Waals surface area contributed by atoms with Crippen molar-refractivity contribution in [3.05, 3.63) is 10.1 Å². The number of fused-ring (bicyclic) bond motifs is 5. The summed E-state index contributed by atoms with van der Waals surface area (Å²) in [5, 5.41) is -0.252. The molecule has 2 bridgehead atoms. The summed E-state index contributed by atoms with van der Waals surface area (Å²) in [5.41, 5.74) is 0. The Bertz CT molecular complexity index is 498. The topological polar surface area (TPSA) is 43.4 Å². The van der Waals surface area contributed by atoms with Crippen LogP contribution in [-0.4, -0.2) is 26.0 Å². The first-order chi connectivity index (χ1) is 8.11. The second kappa shape index (κ2) is 3.44. The molecule has 2 fully saturated rings. The van der Waals surface area contributed by atoms with Crippen LogP contribution in [-0.2, 0) is 14.3 Å². The number of carbonyl (C=O) groups excluding carboxylic acids is 2. The fourth-order valence-electron chi connectivity index (χ4n) is 2.81. The van der Waals surface area contributed by atoms with E-state index in [1.807, 2.05) is 0 Å². The van der Waals surface area contributed by atoms with Crippen LogP contribution in [0.3, 0.4) is 0 Å². The van der Waals surface area contributed by atoms with Crippen molar-refractivity contribution >= 4 is 81.5 Å². The van der Waals surface area contributed by atoms with Crippen LogP contribution in [0.2, 0.25) is 0 Å². The summed E-state index contributed by atoms with van der Waals surface area (Å²) in [6.45, 7) is 0. The molecular weight excluding hydrogens is 369 g/mol. The molecule has 1 heterocycles. The van der Waals surface area contributed by atoms with E-state index in [0.717, 1.165) is 0 Å². The Balaban J connectivity index is 2.37. The van der Waals surface area contributed by atoms with E-state index in [0.29, 0.717) is 0 Å². The fraction of sp³-hybridized carbons (Fsp3) is 0.556. The third-order valence-corrected chi connectivity index (χ3v) is 7.90. The molecule has 0 amide bonds. The lowest BCUT2D eigenvalue weighted by atomic mass is 9.84. The molecule has 2 aliphatic carbocycles. The Morgan fingerprint density at radius 3 is 1.50 bits per heavy atom. The number of esters is 2. The summed E-state index contributed by atoms with van der Waals surface area (Å²) < 4.78 is 2.63. The average Bonchev–Trinajstić information content (AvgIpc) is 2.68. The molecule has 0 spiro atoms. The van der Waals surface area contributed by atoms with E-state index in [-0.39, 0.29) is 10.1 Å². The molecule has 0 unspecified atom stereocenters. The van der Waals surface area contributed by atoms with Crippen LogP contribution in [0.5, 0.6) is 0 Å². The number of halogens is 6. The van der Waals surface area contributed by atoms with Crippen molar-refractivity contribution in [1.82, 2.24) is 0 Å². The molecule has 3 aliphatic rings. The predicted molar refractivity (Wildman–Crippen MR) is 68.4 cm³/mol. The number of carbonyl (C=O) groups is 2. The molecule has 0 aromatic heterocycles. The lowest BCUT2D eigenvalue weighted by Gasteiger charge is -2.32. The van der Waals surface area contributed by atoms with Gasteiger partial charge in [0.25, 0.3) is 0 Å². The number of alkyl halides is 4. The maximum atomic E-state index is 11.7. The predicted octanol–water partition coefficient (Wildman–Crippen LogP) is 3.15. The second-order valence-corrected chi connectivity index (χ2v) is 7.60. The van der Waals surface area contributed by atoms with Gasteiger partial charge < -0.3 is 4.74 Å². The lowest BCUT2D eigenvalue weighted by Crippen LogP contribution is -2.47. The molecule has 3 rings (SSSR count). The minimum Gasteiger partial charge on any atom is -0.393 e. The van der Waals surface area contributed by atoms with Gasteiger partial charge >= 0.3 is 11.9 Å². The van der Waals surface area contributed by atoms with Gasteiger partial charge in [-0.25, -0.2) is 0 Å². The number of ether oxygens (including phenoxy) is 1. The Labute approximate surface area is 131 Å². The van der Waals surface area contributed by atoms with Crippen LogP contribution >= 0.6 is 69.6 Å². The maximum Gasteiger partial charge on any atom is 0.319 e. The normalized spacial score (nSPS) is 48.8. The van der Waals surface area contributed by atoms with Crippen molar-refractivity contribution < 1.29 is 14.3 Å². The van der Waals surface area contributed by atoms with E-state index in [1.165, 1.54) is 0 Å². The molecular formula is C9H2Cl6O3. The molecule has 0 aromatic rings. The van der Waals surface area contributed by atoms with E-state index in [4.69, 9.17) is 69.6 Å². The molecule has 1 saturated carbocycles. The minimum atomic E-state index is -1.89. The standard InChI is InChI=1S/C9H2Cl6O3/c10-3-4(11)8(13)2-1(5(16)18-6(2)17)7(3,12)9(8,14)15/h1-2H/t1-,2-,7-,8-/m1/s1. The molecule has 3 nitrogen and oxygen atoms in total. The van der Waals surface area contributed by atoms with Crippen molar-refractivity contribution in [1.29, 1.82) is 0 Å².